The van der Waals surface area contributed by atoms with Gasteiger partial charge in [-0.2, -0.15) is 18.3 Å². The van der Waals surface area contributed by atoms with E-state index in [1.807, 2.05) is 54.6 Å². The lowest BCUT2D eigenvalue weighted by Gasteiger charge is -2.21. The Morgan fingerprint density at radius 3 is 2.29 bits per heavy atom. The van der Waals surface area contributed by atoms with Crippen LogP contribution in [0, 0.1) is 0 Å². The monoisotopic (exact) mass is 578 g/mol. The van der Waals surface area contributed by atoms with E-state index in [0.29, 0.717) is 30.0 Å². The second-order valence-corrected chi connectivity index (χ2v) is 9.92. The Kier molecular flexibility index (Phi) is 8.19. The summed E-state index contributed by atoms with van der Waals surface area (Å²) in [5.41, 5.74) is 1.07. The topological polar surface area (TPSA) is 85.7 Å². The highest BCUT2D eigenvalue weighted by atomic mass is 19.4. The third-order valence-corrected chi connectivity index (χ3v) is 7.03. The molecule has 0 unspecified atom stereocenters. The van der Waals surface area contributed by atoms with E-state index >= 15 is 0 Å². The van der Waals surface area contributed by atoms with Gasteiger partial charge in [-0.15, -0.1) is 0 Å². The van der Waals surface area contributed by atoms with E-state index in [1.54, 1.807) is 24.0 Å². The van der Waals surface area contributed by atoms with Crippen LogP contribution in [0.3, 0.4) is 0 Å². The van der Waals surface area contributed by atoms with Crippen molar-refractivity contribution in [2.45, 2.75) is 38.8 Å². The lowest BCUT2D eigenvalue weighted by Crippen LogP contribution is -2.31. The molecule has 1 aromatic heterocycles. The molecule has 0 spiro atoms. The van der Waals surface area contributed by atoms with Gasteiger partial charge < -0.3 is 19.7 Å². The molecule has 0 bridgehead atoms. The number of nitrogens with one attached hydrogen (secondary N) is 1. The van der Waals surface area contributed by atoms with Gasteiger partial charge in [0.15, 0.2) is 5.69 Å². The van der Waals surface area contributed by atoms with E-state index in [2.05, 4.69) is 15.2 Å². The van der Waals surface area contributed by atoms with Gasteiger partial charge in [-0.1, -0.05) is 54.6 Å². The van der Waals surface area contributed by atoms with Crippen LogP contribution in [0.5, 0.6) is 5.75 Å². The molecule has 3 aromatic carbocycles. The summed E-state index contributed by atoms with van der Waals surface area (Å²) in [4.78, 5) is 26.8. The molecule has 1 atom stereocenters. The molecule has 1 aliphatic heterocycles. The number of esters is 1. The quantitative estimate of drug-likeness (QED) is 0.254. The van der Waals surface area contributed by atoms with Crippen molar-refractivity contribution in [3.05, 3.63) is 112 Å². The average Bonchev–Trinajstić information content (AvgIpc) is 3.57. The van der Waals surface area contributed by atoms with Crippen molar-refractivity contribution in [3.63, 3.8) is 0 Å². The standard InChI is InChI=1S/C31H29F3N4O4/c1-20(23-10-12-24(13-11-23)30(40)41-2)35-28(39)26-27(31(32,33)34)36-38-17-16-37(29(26)38)18-21-8-14-25(15-9-21)42-19-22-6-4-3-5-7-22/h3-15,20H,16-19H2,1-2H3,(H,35,39)/t20-/m0/s1. The van der Waals surface area contributed by atoms with Crippen LogP contribution in [-0.4, -0.2) is 35.3 Å². The van der Waals surface area contributed by atoms with Crippen molar-refractivity contribution in [2.24, 2.45) is 0 Å². The zero-order valence-corrected chi connectivity index (χ0v) is 23.0. The second kappa shape index (κ2) is 12.0. The fraction of sp³-hybridized carbons (Fsp3) is 0.258. The highest BCUT2D eigenvalue weighted by Crippen LogP contribution is 2.39. The summed E-state index contributed by atoms with van der Waals surface area (Å²) in [6.45, 7) is 2.97. The minimum absolute atomic E-state index is 0.123. The number of aromatic nitrogens is 2. The Morgan fingerprint density at radius 2 is 1.64 bits per heavy atom. The predicted molar refractivity (Wildman–Crippen MR) is 149 cm³/mol. The molecular weight excluding hydrogens is 549 g/mol. The molecule has 11 heteroatoms. The lowest BCUT2D eigenvalue weighted by molar-refractivity contribution is -0.141. The van der Waals surface area contributed by atoms with E-state index in [4.69, 9.17) is 4.74 Å². The number of hydrogen-bond donors (Lipinski definition) is 1. The zero-order valence-electron chi connectivity index (χ0n) is 23.0. The molecule has 0 saturated heterocycles. The first kappa shape index (κ1) is 28.7. The number of fused-ring (bicyclic) bond motifs is 1. The van der Waals surface area contributed by atoms with E-state index < -0.39 is 35.4 Å². The third kappa shape index (κ3) is 6.24. The Bertz CT molecular complexity index is 1550. The number of hydrogen-bond acceptors (Lipinski definition) is 6. The number of anilines is 1. The van der Waals surface area contributed by atoms with Crippen LogP contribution in [0.4, 0.5) is 19.0 Å². The molecule has 0 aliphatic carbocycles. The molecule has 2 heterocycles. The zero-order chi connectivity index (χ0) is 29.9. The van der Waals surface area contributed by atoms with Gasteiger partial charge in [0.05, 0.1) is 25.3 Å². The number of nitrogens with zero attached hydrogens (tertiary/aromatic N) is 3. The number of methoxy groups -OCH3 is 1. The van der Waals surface area contributed by atoms with Crippen molar-refractivity contribution in [1.82, 2.24) is 15.1 Å². The molecule has 218 valence electrons. The molecule has 4 aromatic rings. The molecule has 0 fully saturated rings. The van der Waals surface area contributed by atoms with Crippen molar-refractivity contribution in [2.75, 3.05) is 18.6 Å². The molecule has 42 heavy (non-hydrogen) atoms. The smallest absolute Gasteiger partial charge is 0.436 e. The average molecular weight is 579 g/mol. The Morgan fingerprint density at radius 1 is 0.952 bits per heavy atom. The summed E-state index contributed by atoms with van der Waals surface area (Å²) in [6, 6.07) is 22.7. The molecule has 0 saturated carbocycles. The van der Waals surface area contributed by atoms with Gasteiger partial charge in [0, 0.05) is 13.1 Å². The summed E-state index contributed by atoms with van der Waals surface area (Å²) in [5, 5.41) is 6.45. The molecule has 1 N–H and O–H groups in total. The van der Waals surface area contributed by atoms with Crippen molar-refractivity contribution in [1.29, 1.82) is 0 Å². The van der Waals surface area contributed by atoms with Crippen LogP contribution in [0.25, 0.3) is 0 Å². The highest BCUT2D eigenvalue weighted by molar-refractivity contribution is 6.01. The summed E-state index contributed by atoms with van der Waals surface area (Å²) in [5.74, 6) is -0.609. The molecule has 8 nitrogen and oxygen atoms in total. The summed E-state index contributed by atoms with van der Waals surface area (Å²) < 4.78 is 53.9. The van der Waals surface area contributed by atoms with E-state index in [0.717, 1.165) is 11.1 Å². The number of ether oxygens (including phenoxy) is 2. The predicted octanol–water partition coefficient (Wildman–Crippen LogP) is 5.78. The van der Waals surface area contributed by atoms with Crippen LogP contribution in [0.1, 0.15) is 56.1 Å². The van der Waals surface area contributed by atoms with Crippen LogP contribution in [0.15, 0.2) is 78.9 Å². The number of amides is 1. The van der Waals surface area contributed by atoms with E-state index in [-0.39, 0.29) is 18.9 Å². The number of benzene rings is 3. The van der Waals surface area contributed by atoms with Crippen molar-refractivity contribution < 1.29 is 32.2 Å². The van der Waals surface area contributed by atoms with Crippen LogP contribution < -0.4 is 15.0 Å². The van der Waals surface area contributed by atoms with Crippen molar-refractivity contribution >= 4 is 17.7 Å². The highest BCUT2D eigenvalue weighted by Gasteiger charge is 2.44. The maximum atomic E-state index is 14.0. The first-order valence-corrected chi connectivity index (χ1v) is 13.3. The minimum Gasteiger partial charge on any atom is -0.489 e. The van der Waals surface area contributed by atoms with E-state index in [9.17, 15) is 22.8 Å². The second-order valence-electron chi connectivity index (χ2n) is 9.92. The minimum atomic E-state index is -4.82. The van der Waals surface area contributed by atoms with Crippen LogP contribution in [0.2, 0.25) is 0 Å². The largest absolute Gasteiger partial charge is 0.489 e. The van der Waals surface area contributed by atoms with Crippen LogP contribution in [-0.2, 0) is 30.6 Å². The number of alkyl halides is 3. The molecule has 1 amide bonds. The van der Waals surface area contributed by atoms with Gasteiger partial charge in [-0.25, -0.2) is 9.48 Å². The summed E-state index contributed by atoms with van der Waals surface area (Å²) >= 11 is 0. The molecule has 0 radical (unpaired) electrons. The van der Waals surface area contributed by atoms with E-state index in [1.165, 1.54) is 23.9 Å². The Balaban J connectivity index is 1.33. The SMILES string of the molecule is COC(=O)c1ccc([C@H](C)NC(=O)c2c(C(F)(F)F)nn3c2N(Cc2ccc(OCc4ccccc4)cc2)CC3)cc1. The first-order valence-electron chi connectivity index (χ1n) is 13.3. The maximum Gasteiger partial charge on any atom is 0.436 e. The Labute approximate surface area is 240 Å². The molecule has 1 aliphatic rings. The fourth-order valence-electron chi connectivity index (χ4n) is 4.84. The number of rotatable bonds is 9. The van der Waals surface area contributed by atoms with Gasteiger partial charge in [0.25, 0.3) is 5.91 Å². The Hall–Kier alpha value is -4.80. The van der Waals surface area contributed by atoms with Crippen molar-refractivity contribution in [3.8, 4) is 5.75 Å². The van der Waals surface area contributed by atoms with Gasteiger partial charge in [-0.05, 0) is 47.9 Å². The fourth-order valence-corrected chi connectivity index (χ4v) is 4.84. The number of halogens is 3. The normalized spacial score (nSPS) is 13.4. The van der Waals surface area contributed by atoms with Gasteiger partial charge >= 0.3 is 12.1 Å². The van der Waals surface area contributed by atoms with Gasteiger partial charge in [-0.3, -0.25) is 4.79 Å². The summed E-state index contributed by atoms with van der Waals surface area (Å²) in [6.07, 6.45) is -4.82. The maximum absolute atomic E-state index is 14.0. The number of carbonyl (C=O) groups is 2. The molecular formula is C31H29F3N4O4. The van der Waals surface area contributed by atoms with Gasteiger partial charge in [0.1, 0.15) is 23.7 Å². The van der Waals surface area contributed by atoms with Gasteiger partial charge in [0.2, 0.25) is 0 Å². The number of carbonyl (C=O) groups excluding carboxylic acids is 2. The van der Waals surface area contributed by atoms with Crippen LogP contribution >= 0.6 is 0 Å². The summed E-state index contributed by atoms with van der Waals surface area (Å²) in [7, 11) is 1.27. The third-order valence-electron chi connectivity index (χ3n) is 7.03. The molecule has 5 rings (SSSR count). The lowest BCUT2D eigenvalue weighted by atomic mass is 10.1. The first-order chi connectivity index (χ1) is 20.1.